The van der Waals surface area contributed by atoms with E-state index in [9.17, 15) is 4.79 Å². The number of thiazole rings is 1. The monoisotopic (exact) mass is 248 g/mol. The molecule has 4 nitrogen and oxygen atoms in total. The number of anilines is 1. The maximum absolute atomic E-state index is 11.1. The topological polar surface area (TPSA) is 53.4 Å². The summed E-state index contributed by atoms with van der Waals surface area (Å²) in [6.45, 7) is 5.76. The van der Waals surface area contributed by atoms with Crippen molar-refractivity contribution in [2.45, 2.75) is 26.3 Å². The van der Waals surface area contributed by atoms with Crippen LogP contribution >= 0.6 is 22.9 Å². The molecule has 0 radical (unpaired) electrons. The minimum atomic E-state index is -0.976. The first kappa shape index (κ1) is 12.3. The van der Waals surface area contributed by atoms with Gasteiger partial charge in [0.25, 0.3) is 0 Å². The fraction of sp³-hybridized carbons (Fsp3) is 0.556. The molecule has 0 aromatic carbocycles. The van der Waals surface area contributed by atoms with E-state index >= 15 is 0 Å². The van der Waals surface area contributed by atoms with Crippen molar-refractivity contribution in [1.82, 2.24) is 4.98 Å². The highest BCUT2D eigenvalue weighted by Crippen LogP contribution is 2.29. The zero-order valence-corrected chi connectivity index (χ0v) is 10.4. The fourth-order valence-corrected chi connectivity index (χ4v) is 2.41. The van der Waals surface area contributed by atoms with Crippen LogP contribution in [0.4, 0.5) is 5.13 Å². The quantitative estimate of drug-likeness (QED) is 0.890. The number of likely N-dealkylation sites (N-methyl/N-ethyl adjacent to an activating group) is 1. The van der Waals surface area contributed by atoms with Crippen molar-refractivity contribution in [1.29, 1.82) is 0 Å². The summed E-state index contributed by atoms with van der Waals surface area (Å²) >= 11 is 7.06. The van der Waals surface area contributed by atoms with Crippen molar-refractivity contribution in [2.24, 2.45) is 0 Å². The molecule has 1 N–H and O–H groups in total. The minimum Gasteiger partial charge on any atom is -0.480 e. The number of carboxylic acid groups (broad SMARTS) is 1. The van der Waals surface area contributed by atoms with Crippen LogP contribution in [0.5, 0.6) is 0 Å². The highest BCUT2D eigenvalue weighted by Gasteiger charge is 2.35. The molecule has 6 heteroatoms. The summed E-state index contributed by atoms with van der Waals surface area (Å²) in [5, 5.41) is 11.8. The first-order valence-electron chi connectivity index (χ1n) is 4.51. The van der Waals surface area contributed by atoms with Crippen molar-refractivity contribution in [2.75, 3.05) is 11.4 Å². The second-order valence-corrected chi connectivity index (χ2v) is 4.79. The van der Waals surface area contributed by atoms with Crippen LogP contribution in [0, 0.1) is 0 Å². The molecular formula is C9H13ClN2O2S. The summed E-state index contributed by atoms with van der Waals surface area (Å²) < 4.78 is 0. The number of carbonyl (C=O) groups is 1. The number of hydrogen-bond donors (Lipinski definition) is 1. The molecule has 0 atom stereocenters. The largest absolute Gasteiger partial charge is 0.480 e. The number of aliphatic carboxylic acids is 1. The van der Waals surface area contributed by atoms with Gasteiger partial charge in [0.2, 0.25) is 0 Å². The maximum atomic E-state index is 11.1. The molecule has 15 heavy (non-hydrogen) atoms. The predicted octanol–water partition coefficient (Wildman–Crippen LogP) is 2.49. The van der Waals surface area contributed by atoms with E-state index in [-0.39, 0.29) is 0 Å². The lowest BCUT2D eigenvalue weighted by molar-refractivity contribution is -0.142. The minimum absolute atomic E-state index is 0.398. The molecule has 0 spiro atoms. The van der Waals surface area contributed by atoms with Crippen LogP contribution in [0.15, 0.2) is 5.38 Å². The van der Waals surface area contributed by atoms with Crippen LogP contribution in [0.2, 0.25) is 5.15 Å². The van der Waals surface area contributed by atoms with Gasteiger partial charge in [-0.2, -0.15) is 0 Å². The normalized spacial score (nSPS) is 11.5. The van der Waals surface area contributed by atoms with Gasteiger partial charge in [0, 0.05) is 11.9 Å². The molecule has 0 saturated heterocycles. The van der Waals surface area contributed by atoms with E-state index in [2.05, 4.69) is 4.98 Å². The predicted molar refractivity (Wildman–Crippen MR) is 61.9 cm³/mol. The van der Waals surface area contributed by atoms with Gasteiger partial charge in [-0.15, -0.1) is 11.3 Å². The molecule has 1 heterocycles. The van der Waals surface area contributed by atoms with Crippen LogP contribution in [-0.4, -0.2) is 28.1 Å². The lowest BCUT2D eigenvalue weighted by Gasteiger charge is -2.33. The van der Waals surface area contributed by atoms with Crippen molar-refractivity contribution in [3.8, 4) is 0 Å². The van der Waals surface area contributed by atoms with E-state index in [0.29, 0.717) is 16.8 Å². The molecule has 0 aliphatic carbocycles. The lowest BCUT2D eigenvalue weighted by Crippen LogP contribution is -2.50. The average molecular weight is 249 g/mol. The van der Waals surface area contributed by atoms with Gasteiger partial charge in [-0.1, -0.05) is 11.6 Å². The highest BCUT2D eigenvalue weighted by molar-refractivity contribution is 7.14. The van der Waals surface area contributed by atoms with Crippen LogP contribution in [0.1, 0.15) is 20.8 Å². The van der Waals surface area contributed by atoms with Crippen LogP contribution in [0.25, 0.3) is 0 Å². The summed E-state index contributed by atoms with van der Waals surface area (Å²) in [5.74, 6) is -0.879. The second kappa shape index (κ2) is 4.37. The number of aromatic nitrogens is 1. The van der Waals surface area contributed by atoms with Crippen LogP contribution < -0.4 is 4.90 Å². The Morgan fingerprint density at radius 1 is 1.73 bits per heavy atom. The van der Waals surface area contributed by atoms with E-state index in [4.69, 9.17) is 16.7 Å². The SMILES string of the molecule is CCN(c1nc(Cl)cs1)C(C)(C)C(=O)O. The second-order valence-electron chi connectivity index (χ2n) is 3.56. The third kappa shape index (κ3) is 2.41. The van der Waals surface area contributed by atoms with E-state index < -0.39 is 11.5 Å². The summed E-state index contributed by atoms with van der Waals surface area (Å²) in [6, 6.07) is 0. The van der Waals surface area contributed by atoms with Gasteiger partial charge in [-0.05, 0) is 20.8 Å². The molecule has 0 bridgehead atoms. The summed E-state index contributed by atoms with van der Waals surface area (Å²) in [4.78, 5) is 16.9. The first-order valence-corrected chi connectivity index (χ1v) is 5.77. The van der Waals surface area contributed by atoms with Gasteiger partial charge in [0.15, 0.2) is 5.13 Å². The van der Waals surface area contributed by atoms with Gasteiger partial charge >= 0.3 is 5.97 Å². The van der Waals surface area contributed by atoms with Gasteiger partial charge in [-0.3, -0.25) is 0 Å². The fourth-order valence-electron chi connectivity index (χ4n) is 1.25. The Morgan fingerprint density at radius 2 is 2.33 bits per heavy atom. The molecule has 1 aromatic rings. The Balaban J connectivity index is 3.04. The Hall–Kier alpha value is -0.810. The van der Waals surface area contributed by atoms with Gasteiger partial charge < -0.3 is 10.0 Å². The standard InChI is InChI=1S/C9H13ClN2O2S/c1-4-12(9(2,3)7(13)14)8-11-6(10)5-15-8/h5H,4H2,1-3H3,(H,13,14). The summed E-state index contributed by atoms with van der Waals surface area (Å²) in [7, 11) is 0. The molecule has 0 aliphatic rings. The Morgan fingerprint density at radius 3 is 2.67 bits per heavy atom. The molecule has 0 aliphatic heterocycles. The molecule has 0 fully saturated rings. The van der Waals surface area contributed by atoms with Crippen molar-refractivity contribution < 1.29 is 9.90 Å². The molecule has 84 valence electrons. The van der Waals surface area contributed by atoms with E-state index in [1.807, 2.05) is 6.92 Å². The Labute approximate surface area is 97.5 Å². The summed E-state index contributed by atoms with van der Waals surface area (Å²) in [6.07, 6.45) is 0. The third-order valence-electron chi connectivity index (χ3n) is 2.21. The molecule has 0 amide bonds. The van der Waals surface area contributed by atoms with E-state index in [0.717, 1.165) is 0 Å². The first-order chi connectivity index (χ1) is 6.89. The number of rotatable bonds is 4. The van der Waals surface area contributed by atoms with Gasteiger partial charge in [0.05, 0.1) is 0 Å². The van der Waals surface area contributed by atoms with Crippen molar-refractivity contribution in [3.63, 3.8) is 0 Å². The number of hydrogen-bond acceptors (Lipinski definition) is 4. The van der Waals surface area contributed by atoms with Crippen LogP contribution in [-0.2, 0) is 4.79 Å². The van der Waals surface area contributed by atoms with E-state index in [1.165, 1.54) is 11.3 Å². The zero-order chi connectivity index (χ0) is 11.6. The number of carboxylic acids is 1. The van der Waals surface area contributed by atoms with Gasteiger partial charge in [-0.25, -0.2) is 9.78 Å². The molecular weight excluding hydrogens is 236 g/mol. The zero-order valence-electron chi connectivity index (χ0n) is 8.82. The van der Waals surface area contributed by atoms with E-state index in [1.54, 1.807) is 24.1 Å². The maximum Gasteiger partial charge on any atom is 0.329 e. The third-order valence-corrected chi connectivity index (χ3v) is 3.40. The Bertz CT molecular complexity index is 365. The van der Waals surface area contributed by atoms with Crippen molar-refractivity contribution >= 4 is 34.0 Å². The van der Waals surface area contributed by atoms with Gasteiger partial charge in [0.1, 0.15) is 10.7 Å². The van der Waals surface area contributed by atoms with Crippen LogP contribution in [0.3, 0.4) is 0 Å². The van der Waals surface area contributed by atoms with Crippen molar-refractivity contribution in [3.05, 3.63) is 10.5 Å². The Kier molecular flexibility index (Phi) is 3.57. The number of halogens is 1. The molecule has 1 aromatic heterocycles. The number of nitrogens with zero attached hydrogens (tertiary/aromatic N) is 2. The molecule has 0 saturated carbocycles. The molecule has 1 rings (SSSR count). The smallest absolute Gasteiger partial charge is 0.329 e. The lowest BCUT2D eigenvalue weighted by atomic mass is 10.0. The highest BCUT2D eigenvalue weighted by atomic mass is 35.5. The summed E-state index contributed by atoms with van der Waals surface area (Å²) in [5.41, 5.74) is -0.976. The average Bonchev–Trinajstić information content (AvgIpc) is 2.52. The molecule has 0 unspecified atom stereocenters.